The van der Waals surface area contributed by atoms with Crippen molar-refractivity contribution in [3.63, 3.8) is 0 Å². The number of unbranched alkanes of at least 4 members (excludes halogenated alkanes) is 2. The molecule has 18 heavy (non-hydrogen) atoms. The highest BCUT2D eigenvalue weighted by atomic mass is 32.1. The van der Waals surface area contributed by atoms with Gasteiger partial charge in [0, 0.05) is 20.1 Å². The number of carbonyl (C=O) groups excluding carboxylic acids is 1. The SMILES string of the molecule is CCCCCN(CCO)C(=O)c1cnc(NC)s1. The van der Waals surface area contributed by atoms with Crippen molar-refractivity contribution >= 4 is 22.4 Å². The van der Waals surface area contributed by atoms with Gasteiger partial charge in [0.05, 0.1) is 12.8 Å². The molecule has 0 bridgehead atoms. The molecule has 0 saturated heterocycles. The van der Waals surface area contributed by atoms with Crippen LogP contribution in [-0.2, 0) is 0 Å². The number of nitrogens with zero attached hydrogens (tertiary/aromatic N) is 2. The molecule has 2 N–H and O–H groups in total. The van der Waals surface area contributed by atoms with Gasteiger partial charge in [0.25, 0.3) is 5.91 Å². The maximum Gasteiger partial charge on any atom is 0.265 e. The molecule has 1 aromatic rings. The fraction of sp³-hybridized carbons (Fsp3) is 0.667. The second-order valence-corrected chi connectivity index (χ2v) is 5.03. The fourth-order valence-electron chi connectivity index (χ4n) is 1.63. The van der Waals surface area contributed by atoms with E-state index in [-0.39, 0.29) is 12.5 Å². The number of carbonyl (C=O) groups is 1. The number of thiazole rings is 1. The Hall–Kier alpha value is -1.14. The molecule has 6 heteroatoms. The van der Waals surface area contributed by atoms with Crippen LogP contribution in [0.3, 0.4) is 0 Å². The van der Waals surface area contributed by atoms with Crippen LogP contribution in [0, 0.1) is 0 Å². The Kier molecular flexibility index (Phi) is 6.67. The summed E-state index contributed by atoms with van der Waals surface area (Å²) in [5.41, 5.74) is 0. The third kappa shape index (κ3) is 4.27. The highest BCUT2D eigenvalue weighted by Crippen LogP contribution is 2.19. The number of rotatable bonds is 8. The summed E-state index contributed by atoms with van der Waals surface area (Å²) in [6.07, 6.45) is 4.77. The fourth-order valence-corrected chi connectivity index (χ4v) is 2.37. The highest BCUT2D eigenvalue weighted by molar-refractivity contribution is 7.17. The van der Waals surface area contributed by atoms with Crippen molar-refractivity contribution in [3.05, 3.63) is 11.1 Å². The predicted molar refractivity (Wildman–Crippen MR) is 74.2 cm³/mol. The van der Waals surface area contributed by atoms with Crippen molar-refractivity contribution in [2.45, 2.75) is 26.2 Å². The average Bonchev–Trinajstić information content (AvgIpc) is 2.86. The van der Waals surface area contributed by atoms with E-state index in [4.69, 9.17) is 5.11 Å². The summed E-state index contributed by atoms with van der Waals surface area (Å²) in [5.74, 6) is -0.0425. The molecule has 0 spiro atoms. The lowest BCUT2D eigenvalue weighted by Gasteiger charge is -2.20. The number of aliphatic hydroxyl groups is 1. The summed E-state index contributed by atoms with van der Waals surface area (Å²) < 4.78 is 0. The maximum absolute atomic E-state index is 12.2. The van der Waals surface area contributed by atoms with E-state index < -0.39 is 0 Å². The van der Waals surface area contributed by atoms with E-state index in [9.17, 15) is 4.79 Å². The van der Waals surface area contributed by atoms with Gasteiger partial charge in [-0.05, 0) is 6.42 Å². The van der Waals surface area contributed by atoms with Crippen molar-refractivity contribution in [3.8, 4) is 0 Å². The van der Waals surface area contributed by atoms with Crippen LogP contribution in [-0.4, -0.2) is 47.6 Å². The standard InChI is InChI=1S/C12H21N3O2S/c1-3-4-5-6-15(7-8-16)11(17)10-9-14-12(13-2)18-10/h9,16H,3-8H2,1-2H3,(H,13,14). The molecule has 0 fully saturated rings. The molecule has 0 atom stereocenters. The van der Waals surface area contributed by atoms with Crippen molar-refractivity contribution in [2.75, 3.05) is 32.1 Å². The van der Waals surface area contributed by atoms with E-state index in [1.165, 1.54) is 11.3 Å². The third-order valence-electron chi connectivity index (χ3n) is 2.62. The van der Waals surface area contributed by atoms with Crippen LogP contribution < -0.4 is 5.32 Å². The summed E-state index contributed by atoms with van der Waals surface area (Å²) >= 11 is 1.34. The third-order valence-corrected chi connectivity index (χ3v) is 3.62. The first-order valence-electron chi connectivity index (χ1n) is 6.26. The maximum atomic E-state index is 12.2. The second-order valence-electron chi connectivity index (χ2n) is 4.00. The smallest absolute Gasteiger partial charge is 0.265 e. The molecule has 0 aliphatic carbocycles. The molecule has 1 aromatic heterocycles. The summed E-state index contributed by atoms with van der Waals surface area (Å²) in [6.45, 7) is 3.20. The molecule has 0 aliphatic rings. The summed E-state index contributed by atoms with van der Waals surface area (Å²) in [5, 5.41) is 12.7. The van der Waals surface area contributed by atoms with Crippen LogP contribution in [0.5, 0.6) is 0 Å². The minimum atomic E-state index is -0.0425. The summed E-state index contributed by atoms with van der Waals surface area (Å²) in [7, 11) is 1.78. The van der Waals surface area contributed by atoms with E-state index >= 15 is 0 Å². The lowest BCUT2D eigenvalue weighted by Crippen LogP contribution is -2.34. The van der Waals surface area contributed by atoms with Crippen molar-refractivity contribution in [2.24, 2.45) is 0 Å². The Morgan fingerprint density at radius 1 is 1.50 bits per heavy atom. The van der Waals surface area contributed by atoms with Gasteiger partial charge >= 0.3 is 0 Å². The summed E-state index contributed by atoms with van der Waals surface area (Å²) in [4.78, 5) is 18.6. The minimum Gasteiger partial charge on any atom is -0.395 e. The van der Waals surface area contributed by atoms with Crippen LogP contribution in [0.25, 0.3) is 0 Å². The Morgan fingerprint density at radius 2 is 2.28 bits per heavy atom. The first-order valence-corrected chi connectivity index (χ1v) is 7.08. The normalized spacial score (nSPS) is 10.4. The van der Waals surface area contributed by atoms with Gasteiger partial charge in [-0.25, -0.2) is 4.98 Å². The zero-order valence-electron chi connectivity index (χ0n) is 11.0. The van der Waals surface area contributed by atoms with Gasteiger partial charge in [0.2, 0.25) is 0 Å². The number of aliphatic hydroxyl groups excluding tert-OH is 1. The van der Waals surface area contributed by atoms with Gasteiger partial charge in [-0.2, -0.15) is 0 Å². The van der Waals surface area contributed by atoms with Gasteiger partial charge in [-0.3, -0.25) is 4.79 Å². The van der Waals surface area contributed by atoms with Gasteiger partial charge in [0.1, 0.15) is 4.88 Å². The quantitative estimate of drug-likeness (QED) is 0.708. The van der Waals surface area contributed by atoms with Crippen LogP contribution in [0.2, 0.25) is 0 Å². The number of aromatic nitrogens is 1. The Labute approximate surface area is 112 Å². The van der Waals surface area contributed by atoms with Crippen molar-refractivity contribution in [1.82, 2.24) is 9.88 Å². The van der Waals surface area contributed by atoms with E-state index in [0.29, 0.717) is 18.0 Å². The second kappa shape index (κ2) is 8.05. The highest BCUT2D eigenvalue weighted by Gasteiger charge is 2.17. The average molecular weight is 271 g/mol. The lowest BCUT2D eigenvalue weighted by molar-refractivity contribution is 0.0723. The zero-order chi connectivity index (χ0) is 13.4. The van der Waals surface area contributed by atoms with Crippen LogP contribution >= 0.6 is 11.3 Å². The first kappa shape index (κ1) is 14.9. The molecular formula is C12H21N3O2S. The topological polar surface area (TPSA) is 65.5 Å². The molecule has 1 heterocycles. The molecule has 102 valence electrons. The minimum absolute atomic E-state index is 0.00441. The van der Waals surface area contributed by atoms with E-state index in [1.807, 2.05) is 0 Å². The van der Waals surface area contributed by atoms with Crippen LogP contribution in [0.1, 0.15) is 35.9 Å². The predicted octanol–water partition coefficient (Wildman–Crippen LogP) is 1.81. The van der Waals surface area contributed by atoms with Gasteiger partial charge in [-0.15, -0.1) is 0 Å². The molecule has 0 unspecified atom stereocenters. The van der Waals surface area contributed by atoms with Crippen LogP contribution in [0.15, 0.2) is 6.20 Å². The monoisotopic (exact) mass is 271 g/mol. The molecule has 0 saturated carbocycles. The lowest BCUT2D eigenvalue weighted by atomic mass is 10.2. The van der Waals surface area contributed by atoms with E-state index in [1.54, 1.807) is 18.1 Å². The Morgan fingerprint density at radius 3 is 2.83 bits per heavy atom. The number of anilines is 1. The van der Waals surface area contributed by atoms with Crippen molar-refractivity contribution < 1.29 is 9.90 Å². The van der Waals surface area contributed by atoms with E-state index in [0.717, 1.165) is 24.4 Å². The molecule has 1 amide bonds. The molecule has 0 aliphatic heterocycles. The van der Waals surface area contributed by atoms with Gasteiger partial charge in [0.15, 0.2) is 5.13 Å². The van der Waals surface area contributed by atoms with Gasteiger partial charge in [-0.1, -0.05) is 31.1 Å². The number of nitrogens with one attached hydrogen (secondary N) is 1. The number of hydrogen-bond acceptors (Lipinski definition) is 5. The molecule has 0 aromatic carbocycles. The van der Waals surface area contributed by atoms with Crippen molar-refractivity contribution in [1.29, 1.82) is 0 Å². The number of amides is 1. The zero-order valence-corrected chi connectivity index (χ0v) is 11.8. The largest absolute Gasteiger partial charge is 0.395 e. The molecule has 5 nitrogen and oxygen atoms in total. The molecule has 1 rings (SSSR count). The molecular weight excluding hydrogens is 250 g/mol. The first-order chi connectivity index (χ1) is 8.72. The Bertz CT molecular complexity index is 368. The molecule has 0 radical (unpaired) electrons. The summed E-state index contributed by atoms with van der Waals surface area (Å²) in [6, 6.07) is 0. The number of hydrogen-bond donors (Lipinski definition) is 2. The van der Waals surface area contributed by atoms with E-state index in [2.05, 4.69) is 17.2 Å². The van der Waals surface area contributed by atoms with Crippen LogP contribution in [0.4, 0.5) is 5.13 Å². The van der Waals surface area contributed by atoms with Gasteiger partial charge < -0.3 is 15.3 Å². The Balaban J connectivity index is 2.62.